The van der Waals surface area contributed by atoms with Crippen LogP contribution >= 0.6 is 0 Å². The molecule has 1 aliphatic rings. The molecule has 0 saturated heterocycles. The van der Waals surface area contributed by atoms with Gasteiger partial charge in [-0.05, 0) is 144 Å². The van der Waals surface area contributed by atoms with Crippen molar-refractivity contribution < 1.29 is 9.13 Å². The lowest BCUT2D eigenvalue weighted by atomic mass is 9.76. The summed E-state index contributed by atoms with van der Waals surface area (Å²) in [7, 11) is 0. The van der Waals surface area contributed by atoms with Gasteiger partial charge in [0.05, 0.1) is 12.4 Å². The Kier molecular flexibility index (Phi) is 24.3. The fraction of sp³-hybridized carbons (Fsp3) is 0.625. The first-order chi connectivity index (χ1) is 23.5. The summed E-state index contributed by atoms with van der Waals surface area (Å²) >= 11 is 0. The molecule has 0 N–H and O–H groups in total. The van der Waals surface area contributed by atoms with Crippen molar-refractivity contribution in [3.63, 3.8) is 0 Å². The molecule has 2 heteroatoms. The quantitative estimate of drug-likeness (QED) is 0.124. The van der Waals surface area contributed by atoms with Crippen LogP contribution in [0.15, 0.2) is 59.4 Å². The van der Waals surface area contributed by atoms with Gasteiger partial charge in [0, 0.05) is 11.0 Å². The summed E-state index contributed by atoms with van der Waals surface area (Å²) < 4.78 is 21.0. The highest BCUT2D eigenvalue weighted by atomic mass is 19.1. The molecule has 1 aromatic rings. The Hall–Kier alpha value is -2.61. The van der Waals surface area contributed by atoms with Gasteiger partial charge in [-0.15, -0.1) is 0 Å². The van der Waals surface area contributed by atoms with Crippen molar-refractivity contribution in [2.75, 3.05) is 6.61 Å². The van der Waals surface area contributed by atoms with E-state index in [9.17, 15) is 0 Å². The molecule has 1 aromatic carbocycles. The molecule has 1 fully saturated rings. The summed E-state index contributed by atoms with van der Waals surface area (Å²) in [6.45, 7) is 48.9. The molecular weight excluding hydrogens is 612 g/mol. The molecule has 1 saturated carbocycles. The monoisotopic (exact) mass is 693 g/mol. The normalized spacial score (nSPS) is 13.6. The molecule has 2 rings (SSSR count). The van der Waals surface area contributed by atoms with Crippen molar-refractivity contribution in [3.8, 4) is 0 Å². The van der Waals surface area contributed by atoms with Crippen molar-refractivity contribution in [2.45, 2.75) is 182 Å². The lowest BCUT2D eigenvalue weighted by molar-refractivity contribution is 0.153. The zero-order chi connectivity index (χ0) is 39.4. The van der Waals surface area contributed by atoms with Gasteiger partial charge in [0.1, 0.15) is 5.82 Å². The molecule has 0 unspecified atom stereocenters. The van der Waals surface area contributed by atoms with Gasteiger partial charge in [0.25, 0.3) is 0 Å². The Morgan fingerprint density at radius 2 is 1.34 bits per heavy atom. The largest absolute Gasteiger partial charge is 0.498 e. The number of halogens is 1. The molecule has 0 heterocycles. The van der Waals surface area contributed by atoms with Crippen LogP contribution in [0, 0.1) is 23.6 Å². The van der Waals surface area contributed by atoms with Gasteiger partial charge in [0.15, 0.2) is 0 Å². The van der Waals surface area contributed by atoms with Crippen molar-refractivity contribution in [3.05, 3.63) is 93.1 Å². The smallest absolute Gasteiger partial charge is 0.134 e. The third-order valence-electron chi connectivity index (χ3n) is 11.3. The van der Waals surface area contributed by atoms with Gasteiger partial charge < -0.3 is 4.74 Å². The second-order valence-corrected chi connectivity index (χ2v) is 14.3. The van der Waals surface area contributed by atoms with Gasteiger partial charge >= 0.3 is 0 Å². The summed E-state index contributed by atoms with van der Waals surface area (Å²) in [5.74, 6) is 0.679. The highest BCUT2D eigenvalue weighted by Gasteiger charge is 2.41. The van der Waals surface area contributed by atoms with Crippen LogP contribution in [0.5, 0.6) is 0 Å². The topological polar surface area (TPSA) is 9.23 Å². The fourth-order valence-corrected chi connectivity index (χ4v) is 6.75. The second-order valence-electron chi connectivity index (χ2n) is 14.3. The minimum absolute atomic E-state index is 0.168. The Labute approximate surface area is 312 Å². The molecule has 1 aliphatic carbocycles. The molecule has 0 spiro atoms. The molecular formula is C48H81FO. The van der Waals surface area contributed by atoms with E-state index in [0.29, 0.717) is 22.0 Å². The van der Waals surface area contributed by atoms with E-state index in [2.05, 4.69) is 109 Å². The zero-order valence-electron chi connectivity index (χ0n) is 36.3. The van der Waals surface area contributed by atoms with Gasteiger partial charge in [-0.1, -0.05) is 131 Å². The highest BCUT2D eigenvalue weighted by Crippen LogP contribution is 2.49. The highest BCUT2D eigenvalue weighted by molar-refractivity contribution is 5.87. The number of hydrogen-bond acceptors (Lipinski definition) is 1. The van der Waals surface area contributed by atoms with E-state index in [-0.39, 0.29) is 5.82 Å². The van der Waals surface area contributed by atoms with E-state index < -0.39 is 0 Å². The summed E-state index contributed by atoms with van der Waals surface area (Å²) in [5.41, 5.74) is 12.3. The minimum atomic E-state index is -0.168. The lowest BCUT2D eigenvalue weighted by Crippen LogP contribution is -2.16. The summed E-state index contributed by atoms with van der Waals surface area (Å²) in [4.78, 5) is 0. The summed E-state index contributed by atoms with van der Waals surface area (Å²) in [5, 5.41) is 0. The SMILES string of the molecule is C=C(C)OCC1(CC)CC1.C=Cc1c(C)c(F)c(C(=C)/C(C(C)=C(C)C)=C(C)\C(C)=C/C)c(CC)c1CC.CC.CCCC(CC)(CC)CC. The molecule has 0 aromatic heterocycles. The van der Waals surface area contributed by atoms with Crippen molar-refractivity contribution >= 4 is 11.6 Å². The third kappa shape index (κ3) is 13.8. The van der Waals surface area contributed by atoms with E-state index in [0.717, 1.165) is 58.6 Å². The minimum Gasteiger partial charge on any atom is -0.498 e. The maximum absolute atomic E-state index is 15.7. The van der Waals surface area contributed by atoms with E-state index in [1.54, 1.807) is 6.08 Å². The zero-order valence-corrected chi connectivity index (χ0v) is 36.3. The predicted octanol–water partition coefficient (Wildman–Crippen LogP) is 16.3. The van der Waals surface area contributed by atoms with Gasteiger partial charge in [-0.25, -0.2) is 4.39 Å². The molecule has 0 bridgehead atoms. The summed E-state index contributed by atoms with van der Waals surface area (Å²) in [6, 6.07) is 0. The van der Waals surface area contributed by atoms with Crippen LogP contribution in [0.3, 0.4) is 0 Å². The third-order valence-corrected chi connectivity index (χ3v) is 11.3. The first kappa shape index (κ1) is 49.5. The van der Waals surface area contributed by atoms with Crippen LogP contribution in [-0.2, 0) is 17.6 Å². The average molecular weight is 693 g/mol. The van der Waals surface area contributed by atoms with E-state index in [4.69, 9.17) is 4.74 Å². The molecule has 286 valence electrons. The van der Waals surface area contributed by atoms with Crippen LogP contribution in [0.1, 0.15) is 190 Å². The van der Waals surface area contributed by atoms with Crippen LogP contribution in [-0.4, -0.2) is 6.61 Å². The van der Waals surface area contributed by atoms with Crippen LogP contribution in [0.4, 0.5) is 4.39 Å². The number of rotatable bonds is 16. The molecule has 0 aliphatic heterocycles. The number of ether oxygens (including phenoxy) is 1. The number of hydrogen-bond donors (Lipinski definition) is 0. The number of allylic oxidation sites excluding steroid dienone is 8. The van der Waals surface area contributed by atoms with Crippen molar-refractivity contribution in [1.29, 1.82) is 0 Å². The first-order valence-electron chi connectivity index (χ1n) is 19.9. The fourth-order valence-electron chi connectivity index (χ4n) is 6.75. The van der Waals surface area contributed by atoms with E-state index in [1.807, 2.05) is 34.6 Å². The van der Waals surface area contributed by atoms with Gasteiger partial charge in [-0.3, -0.25) is 0 Å². The molecule has 1 nitrogen and oxygen atoms in total. The van der Waals surface area contributed by atoms with Crippen LogP contribution in [0.2, 0.25) is 0 Å². The summed E-state index contributed by atoms with van der Waals surface area (Å²) in [6.07, 6.45) is 16.3. The maximum atomic E-state index is 15.7. The molecule has 0 atom stereocenters. The predicted molar refractivity (Wildman–Crippen MR) is 227 cm³/mol. The van der Waals surface area contributed by atoms with Gasteiger partial charge in [0.2, 0.25) is 0 Å². The molecule has 50 heavy (non-hydrogen) atoms. The lowest BCUT2D eigenvalue weighted by Gasteiger charge is -2.29. The number of benzene rings is 1. The molecule has 0 amide bonds. The van der Waals surface area contributed by atoms with E-state index in [1.165, 1.54) is 68.1 Å². The Morgan fingerprint density at radius 3 is 1.64 bits per heavy atom. The van der Waals surface area contributed by atoms with Crippen LogP contribution in [0.25, 0.3) is 11.6 Å². The second kappa shape index (κ2) is 24.6. The Balaban J connectivity index is 0. The van der Waals surface area contributed by atoms with Gasteiger partial charge in [-0.2, -0.15) is 0 Å². The first-order valence-corrected chi connectivity index (χ1v) is 19.9. The average Bonchev–Trinajstić information content (AvgIpc) is 3.91. The van der Waals surface area contributed by atoms with Crippen molar-refractivity contribution in [1.82, 2.24) is 0 Å². The maximum Gasteiger partial charge on any atom is 0.134 e. The van der Waals surface area contributed by atoms with Crippen molar-refractivity contribution in [2.24, 2.45) is 10.8 Å². The van der Waals surface area contributed by atoms with E-state index >= 15 is 4.39 Å². The molecule has 0 radical (unpaired) electrons. The Bertz CT molecular complexity index is 1310. The standard InChI is InChI=1S/C27H37F.C10H22.C9H16O.C2H6/c1-12-17(7)19(9)25(18(8)16(5)6)21(11)26-24(15-4)23(14-3)22(13-2)20(10)27(26)28;1-5-9-10(6-2,7-3)8-4;1-4-9(5-6-9)7-10-8(2)3;1-2/h12-13H,2,11,14-15H2,1,3-10H3;5-9H2,1-4H3;2,4-7H2,1,3H3;1-2H3/b17-12-,25-19-;;;. The van der Waals surface area contributed by atoms with Crippen LogP contribution < -0.4 is 0 Å². The Morgan fingerprint density at radius 1 is 0.840 bits per heavy atom.